The largest absolute Gasteiger partial charge is 0.486 e. The molecule has 0 saturated carbocycles. The summed E-state index contributed by atoms with van der Waals surface area (Å²) < 4.78 is 38.2. The van der Waals surface area contributed by atoms with Crippen molar-refractivity contribution in [3.63, 3.8) is 0 Å². The molecule has 0 unspecified atom stereocenters. The van der Waals surface area contributed by atoms with Crippen LogP contribution in [0.2, 0.25) is 5.02 Å². The zero-order valence-electron chi connectivity index (χ0n) is 15.5. The number of ether oxygens (including phenoxy) is 1. The van der Waals surface area contributed by atoms with Crippen molar-refractivity contribution in [3.05, 3.63) is 58.3 Å². The lowest BCUT2D eigenvalue weighted by molar-refractivity contribution is 0.0967. The van der Waals surface area contributed by atoms with Gasteiger partial charge >= 0.3 is 5.91 Å². The fourth-order valence-electron chi connectivity index (χ4n) is 2.35. The Hall–Kier alpha value is -2.59. The van der Waals surface area contributed by atoms with Gasteiger partial charge in [-0.3, -0.25) is 10.2 Å². The summed E-state index contributed by atoms with van der Waals surface area (Å²) in [6.07, 6.45) is -2.89. The molecule has 0 aliphatic rings. The molecule has 1 amide bonds. The van der Waals surface area contributed by atoms with Crippen LogP contribution in [0.3, 0.4) is 0 Å². The maximum atomic E-state index is 13.1. The molecule has 1 aromatic carbocycles. The SMILES string of the molecule is CCSc1nnc(C(F)F)n1NC(=O)c1ccc(COc2ccc(Cl)c(C)c2)o1. The van der Waals surface area contributed by atoms with Crippen LogP contribution < -0.4 is 10.2 Å². The predicted molar refractivity (Wildman–Crippen MR) is 104 cm³/mol. The number of thioether (sulfide) groups is 1. The molecule has 2 aromatic heterocycles. The van der Waals surface area contributed by atoms with Crippen molar-refractivity contribution in [2.24, 2.45) is 0 Å². The van der Waals surface area contributed by atoms with E-state index in [4.69, 9.17) is 20.8 Å². The van der Waals surface area contributed by atoms with E-state index in [1.165, 1.54) is 17.8 Å². The minimum atomic E-state index is -2.89. The molecule has 0 fully saturated rings. The zero-order valence-corrected chi connectivity index (χ0v) is 17.1. The van der Waals surface area contributed by atoms with Crippen molar-refractivity contribution in [3.8, 4) is 5.75 Å². The molecule has 11 heteroatoms. The van der Waals surface area contributed by atoms with Crippen molar-refractivity contribution in [2.75, 3.05) is 11.2 Å². The lowest BCUT2D eigenvalue weighted by Gasteiger charge is -2.09. The molecule has 0 saturated heterocycles. The van der Waals surface area contributed by atoms with Crippen LogP contribution in [0.4, 0.5) is 8.78 Å². The minimum Gasteiger partial charge on any atom is -0.486 e. The molecule has 1 N–H and O–H groups in total. The monoisotopic (exact) mass is 442 g/mol. The van der Waals surface area contributed by atoms with Gasteiger partial charge in [0, 0.05) is 5.02 Å². The highest BCUT2D eigenvalue weighted by Gasteiger charge is 2.23. The van der Waals surface area contributed by atoms with Gasteiger partial charge in [0.05, 0.1) is 0 Å². The highest BCUT2D eigenvalue weighted by Crippen LogP contribution is 2.23. The smallest absolute Gasteiger partial charge is 0.305 e. The Morgan fingerprint density at radius 2 is 2.14 bits per heavy atom. The number of nitrogens with one attached hydrogen (secondary N) is 1. The van der Waals surface area contributed by atoms with Crippen LogP contribution in [-0.2, 0) is 6.61 Å². The molecule has 0 spiro atoms. The Morgan fingerprint density at radius 3 is 2.83 bits per heavy atom. The van der Waals surface area contributed by atoms with Gasteiger partial charge in [-0.15, -0.1) is 10.2 Å². The first-order valence-corrected chi connectivity index (χ1v) is 9.90. The molecule has 29 heavy (non-hydrogen) atoms. The fourth-order valence-corrected chi connectivity index (χ4v) is 3.09. The average molecular weight is 443 g/mol. The number of rotatable bonds is 8. The third-order valence-corrected chi connectivity index (χ3v) is 4.97. The van der Waals surface area contributed by atoms with Crippen LogP contribution >= 0.6 is 23.4 Å². The van der Waals surface area contributed by atoms with E-state index in [-0.39, 0.29) is 17.5 Å². The van der Waals surface area contributed by atoms with E-state index >= 15 is 0 Å². The highest BCUT2D eigenvalue weighted by atomic mass is 35.5. The van der Waals surface area contributed by atoms with Gasteiger partial charge in [-0.25, -0.2) is 13.5 Å². The Balaban J connectivity index is 1.68. The van der Waals surface area contributed by atoms with E-state index in [1.54, 1.807) is 24.3 Å². The number of hydrogen-bond acceptors (Lipinski definition) is 6. The van der Waals surface area contributed by atoms with Crippen LogP contribution in [0, 0.1) is 6.92 Å². The second-order valence-corrected chi connectivity index (χ2v) is 7.45. The molecule has 0 radical (unpaired) electrons. The Labute approximate surface area is 174 Å². The van der Waals surface area contributed by atoms with Gasteiger partial charge in [0.25, 0.3) is 6.43 Å². The molecule has 7 nitrogen and oxygen atoms in total. The molecule has 0 atom stereocenters. The number of furan rings is 1. The van der Waals surface area contributed by atoms with Gasteiger partial charge < -0.3 is 9.15 Å². The molecular formula is C18H17ClF2N4O3S. The number of alkyl halides is 2. The Morgan fingerprint density at radius 1 is 1.34 bits per heavy atom. The second-order valence-electron chi connectivity index (χ2n) is 5.82. The summed E-state index contributed by atoms with van der Waals surface area (Å²) in [5, 5.41) is 7.89. The molecule has 0 aliphatic carbocycles. The van der Waals surface area contributed by atoms with Gasteiger partial charge in [0.15, 0.2) is 5.76 Å². The lowest BCUT2D eigenvalue weighted by Crippen LogP contribution is -2.25. The molecule has 0 bridgehead atoms. The van der Waals surface area contributed by atoms with Gasteiger partial charge in [-0.05, 0) is 48.6 Å². The normalized spacial score (nSPS) is 11.1. The molecule has 3 rings (SSSR count). The number of hydrogen-bond donors (Lipinski definition) is 1. The number of nitrogens with zero attached hydrogens (tertiary/aromatic N) is 3. The van der Waals surface area contributed by atoms with E-state index in [1.807, 2.05) is 13.8 Å². The van der Waals surface area contributed by atoms with E-state index in [2.05, 4.69) is 15.6 Å². The van der Waals surface area contributed by atoms with Crippen LogP contribution in [0.25, 0.3) is 0 Å². The predicted octanol–water partition coefficient (Wildman–Crippen LogP) is 4.85. The summed E-state index contributed by atoms with van der Waals surface area (Å²) in [6.45, 7) is 3.77. The van der Waals surface area contributed by atoms with Crippen molar-refractivity contribution in [1.29, 1.82) is 0 Å². The lowest BCUT2D eigenvalue weighted by atomic mass is 10.2. The number of carbonyl (C=O) groups excluding carboxylic acids is 1. The minimum absolute atomic E-state index is 0.0581. The first kappa shape index (κ1) is 21.1. The summed E-state index contributed by atoms with van der Waals surface area (Å²) in [5.74, 6) is 0.146. The number of amides is 1. The summed E-state index contributed by atoms with van der Waals surface area (Å²) in [4.78, 5) is 12.4. The van der Waals surface area contributed by atoms with E-state index in [0.717, 1.165) is 10.2 Å². The summed E-state index contributed by atoms with van der Waals surface area (Å²) in [5.41, 5.74) is 3.21. The maximum absolute atomic E-state index is 13.1. The molecular weight excluding hydrogens is 426 g/mol. The molecule has 3 aromatic rings. The first-order valence-electron chi connectivity index (χ1n) is 8.54. The topological polar surface area (TPSA) is 82.2 Å². The van der Waals surface area contributed by atoms with Gasteiger partial charge in [-0.2, -0.15) is 0 Å². The van der Waals surface area contributed by atoms with Gasteiger partial charge in [0.2, 0.25) is 11.0 Å². The number of aryl methyl sites for hydroxylation is 1. The third kappa shape index (κ3) is 5.07. The third-order valence-electron chi connectivity index (χ3n) is 3.74. The van der Waals surface area contributed by atoms with E-state index < -0.39 is 18.2 Å². The fraction of sp³-hybridized carbons (Fsp3) is 0.278. The van der Waals surface area contributed by atoms with Crippen LogP contribution in [0.5, 0.6) is 5.75 Å². The number of halogens is 3. The number of carbonyl (C=O) groups is 1. The summed E-state index contributed by atoms with van der Waals surface area (Å²) in [7, 11) is 0. The second kappa shape index (κ2) is 9.27. The zero-order chi connectivity index (χ0) is 21.0. The number of aromatic nitrogens is 3. The van der Waals surface area contributed by atoms with Gasteiger partial charge in [0.1, 0.15) is 18.1 Å². The average Bonchev–Trinajstić information content (AvgIpc) is 3.31. The van der Waals surface area contributed by atoms with Crippen molar-refractivity contribution in [2.45, 2.75) is 32.0 Å². The molecule has 2 heterocycles. The highest BCUT2D eigenvalue weighted by molar-refractivity contribution is 7.99. The summed E-state index contributed by atoms with van der Waals surface area (Å²) >= 11 is 7.15. The van der Waals surface area contributed by atoms with E-state index in [0.29, 0.717) is 22.3 Å². The maximum Gasteiger partial charge on any atom is 0.305 e. The Kier molecular flexibility index (Phi) is 6.75. The summed E-state index contributed by atoms with van der Waals surface area (Å²) in [6, 6.07) is 8.22. The standard InChI is InChI=1S/C18H17ClF2N4O3S/c1-3-29-18-23-22-16(15(20)21)25(18)24-17(26)14-7-5-12(28-14)9-27-11-4-6-13(19)10(2)8-11/h4-8,15H,3,9H2,1-2H3,(H,24,26). The van der Waals surface area contributed by atoms with Gasteiger partial charge in [-0.1, -0.05) is 30.3 Å². The van der Waals surface area contributed by atoms with Crippen molar-refractivity contribution in [1.82, 2.24) is 14.9 Å². The van der Waals surface area contributed by atoms with Crippen LogP contribution in [0.15, 0.2) is 39.9 Å². The Bertz CT molecular complexity index is 1010. The van der Waals surface area contributed by atoms with Crippen LogP contribution in [0.1, 0.15) is 41.1 Å². The molecule has 0 aliphatic heterocycles. The number of benzene rings is 1. The van der Waals surface area contributed by atoms with Crippen LogP contribution in [-0.4, -0.2) is 26.5 Å². The van der Waals surface area contributed by atoms with E-state index in [9.17, 15) is 13.6 Å². The van der Waals surface area contributed by atoms with Crippen molar-refractivity contribution < 1.29 is 22.7 Å². The first-order chi connectivity index (χ1) is 13.9. The molecule has 154 valence electrons. The quantitative estimate of drug-likeness (QED) is 0.502. The van der Waals surface area contributed by atoms with Crippen molar-refractivity contribution >= 4 is 29.3 Å².